The largest absolute Gasteiger partial charge is 0.478 e. The van der Waals surface area contributed by atoms with Crippen molar-refractivity contribution in [1.29, 1.82) is 5.26 Å². The number of carbonyl (C=O) groups excluding carboxylic acids is 1. The molecule has 1 unspecified atom stereocenters. The third-order valence-corrected chi connectivity index (χ3v) is 6.44. The van der Waals surface area contributed by atoms with Gasteiger partial charge >= 0.3 is 5.97 Å². The monoisotopic (exact) mass is 443 g/mol. The number of carbonyl (C=O) groups is 2. The highest BCUT2D eigenvalue weighted by Gasteiger charge is 2.21. The van der Waals surface area contributed by atoms with Gasteiger partial charge in [0.2, 0.25) is 5.91 Å². The number of carboxylic acids is 1. The Morgan fingerprint density at radius 2 is 1.97 bits per heavy atom. The lowest BCUT2D eigenvalue weighted by atomic mass is 9.96. The van der Waals surface area contributed by atoms with Crippen LogP contribution in [-0.2, 0) is 17.6 Å². The fourth-order valence-electron chi connectivity index (χ4n) is 3.37. The number of nitrogens with one attached hydrogen (secondary N) is 1. The van der Waals surface area contributed by atoms with E-state index in [4.69, 9.17) is 16.6 Å². The molecule has 0 fully saturated rings. The number of fused-ring (bicyclic) bond motifs is 1. The maximum Gasteiger partial charge on any atom is 0.337 e. The number of aromatic carboxylic acids is 1. The highest BCUT2D eigenvalue weighted by atomic mass is 35.5. The minimum absolute atomic E-state index is 0.0788. The van der Waals surface area contributed by atoms with Crippen LogP contribution in [0.15, 0.2) is 29.3 Å². The Labute approximate surface area is 184 Å². The highest BCUT2D eigenvalue weighted by molar-refractivity contribution is 8.00. The van der Waals surface area contributed by atoms with E-state index in [-0.39, 0.29) is 16.5 Å². The van der Waals surface area contributed by atoms with Crippen molar-refractivity contribution < 1.29 is 14.7 Å². The van der Waals surface area contributed by atoms with Crippen LogP contribution in [0.5, 0.6) is 0 Å². The quantitative estimate of drug-likeness (QED) is 0.624. The van der Waals surface area contributed by atoms with Gasteiger partial charge in [-0.1, -0.05) is 36.2 Å². The first-order valence-corrected chi connectivity index (χ1v) is 11.1. The summed E-state index contributed by atoms with van der Waals surface area (Å²) < 4.78 is 0. The Morgan fingerprint density at radius 3 is 2.67 bits per heavy atom. The Balaban J connectivity index is 1.76. The summed E-state index contributed by atoms with van der Waals surface area (Å²) in [6, 6.07) is 8.43. The van der Waals surface area contributed by atoms with Crippen molar-refractivity contribution in [3.8, 4) is 6.07 Å². The molecule has 0 radical (unpaired) electrons. The first-order valence-electron chi connectivity index (χ1n) is 9.82. The van der Waals surface area contributed by atoms with Crippen LogP contribution in [0.25, 0.3) is 0 Å². The number of nitriles is 1. The molecule has 8 heteroatoms. The number of hydrogen-bond acceptors (Lipinski definition) is 5. The molecule has 0 bridgehead atoms. The summed E-state index contributed by atoms with van der Waals surface area (Å²) in [5.74, 6) is -1.47. The van der Waals surface area contributed by atoms with Gasteiger partial charge < -0.3 is 10.4 Å². The van der Waals surface area contributed by atoms with Crippen molar-refractivity contribution >= 4 is 40.9 Å². The number of benzene rings is 1. The Kier molecular flexibility index (Phi) is 7.35. The zero-order chi connectivity index (χ0) is 21.7. The number of hydrogen-bond donors (Lipinski definition) is 2. The molecule has 0 saturated carbocycles. The summed E-state index contributed by atoms with van der Waals surface area (Å²) in [5.41, 5.74) is 2.91. The van der Waals surface area contributed by atoms with Gasteiger partial charge in [-0.15, -0.1) is 0 Å². The third-order valence-electron chi connectivity index (χ3n) is 5.01. The highest BCUT2D eigenvalue weighted by Crippen LogP contribution is 2.30. The molecular weight excluding hydrogens is 422 g/mol. The van der Waals surface area contributed by atoms with E-state index in [2.05, 4.69) is 11.4 Å². The number of amides is 1. The topological polar surface area (TPSA) is 103 Å². The SMILES string of the molecule is CC(Sc1nc2c(cc1C#N)CCCCCC2)C(=O)Nc1ccc(Cl)c(C(=O)O)c1. The van der Waals surface area contributed by atoms with Crippen LogP contribution in [0.4, 0.5) is 5.69 Å². The summed E-state index contributed by atoms with van der Waals surface area (Å²) in [5, 5.41) is 21.6. The first-order chi connectivity index (χ1) is 14.4. The van der Waals surface area contributed by atoms with E-state index >= 15 is 0 Å². The number of thioether (sulfide) groups is 1. The zero-order valence-corrected chi connectivity index (χ0v) is 18.1. The summed E-state index contributed by atoms with van der Waals surface area (Å²) in [7, 11) is 0. The van der Waals surface area contributed by atoms with Gasteiger partial charge in [0.1, 0.15) is 11.1 Å². The molecule has 1 aromatic heterocycles. The third kappa shape index (κ3) is 5.32. The van der Waals surface area contributed by atoms with Gasteiger partial charge in [0.25, 0.3) is 0 Å². The maximum absolute atomic E-state index is 12.6. The van der Waals surface area contributed by atoms with Crippen molar-refractivity contribution in [3.05, 3.63) is 51.7 Å². The van der Waals surface area contributed by atoms with Crippen LogP contribution in [0.2, 0.25) is 5.02 Å². The van der Waals surface area contributed by atoms with Gasteiger partial charge in [-0.3, -0.25) is 4.79 Å². The maximum atomic E-state index is 12.6. The average Bonchev–Trinajstić information content (AvgIpc) is 2.70. The summed E-state index contributed by atoms with van der Waals surface area (Å²) in [4.78, 5) is 28.6. The van der Waals surface area contributed by atoms with Crippen molar-refractivity contribution in [1.82, 2.24) is 4.98 Å². The minimum Gasteiger partial charge on any atom is -0.478 e. The molecule has 0 saturated heterocycles. The van der Waals surface area contributed by atoms with E-state index in [1.807, 2.05) is 6.07 Å². The van der Waals surface area contributed by atoms with E-state index in [9.17, 15) is 20.0 Å². The lowest BCUT2D eigenvalue weighted by Gasteiger charge is -2.17. The molecule has 2 aromatic rings. The molecule has 1 amide bonds. The second-order valence-electron chi connectivity index (χ2n) is 7.22. The minimum atomic E-state index is -1.16. The molecular formula is C22H22ClN3O3S. The molecule has 3 rings (SSSR count). The predicted octanol–water partition coefficient (Wildman–Crippen LogP) is 5.08. The average molecular weight is 444 g/mol. The van der Waals surface area contributed by atoms with Crippen molar-refractivity contribution in [2.75, 3.05) is 5.32 Å². The van der Waals surface area contributed by atoms with Crippen LogP contribution in [0.1, 0.15) is 59.8 Å². The number of aryl methyl sites for hydroxylation is 2. The molecule has 1 heterocycles. The van der Waals surface area contributed by atoms with Crippen LogP contribution in [0.3, 0.4) is 0 Å². The van der Waals surface area contributed by atoms with Gasteiger partial charge in [0, 0.05) is 11.4 Å². The van der Waals surface area contributed by atoms with E-state index in [1.54, 1.807) is 13.0 Å². The van der Waals surface area contributed by atoms with Crippen LogP contribution in [-0.4, -0.2) is 27.2 Å². The summed E-state index contributed by atoms with van der Waals surface area (Å²) >= 11 is 7.11. The predicted molar refractivity (Wildman–Crippen MR) is 117 cm³/mol. The molecule has 1 aliphatic carbocycles. The number of pyridine rings is 1. The molecule has 1 aliphatic rings. The smallest absolute Gasteiger partial charge is 0.337 e. The van der Waals surface area contributed by atoms with Crippen LogP contribution < -0.4 is 5.32 Å². The Bertz CT molecular complexity index is 1020. The van der Waals surface area contributed by atoms with Gasteiger partial charge in [-0.05, 0) is 62.4 Å². The van der Waals surface area contributed by atoms with E-state index in [1.165, 1.54) is 36.7 Å². The lowest BCUT2D eigenvalue weighted by molar-refractivity contribution is -0.115. The first kappa shape index (κ1) is 22.1. The number of aromatic nitrogens is 1. The van der Waals surface area contributed by atoms with Crippen LogP contribution in [0, 0.1) is 11.3 Å². The summed E-state index contributed by atoms with van der Waals surface area (Å²) in [6.45, 7) is 1.73. The molecule has 2 N–H and O–H groups in total. The molecule has 30 heavy (non-hydrogen) atoms. The fraction of sp³-hybridized carbons (Fsp3) is 0.364. The second-order valence-corrected chi connectivity index (χ2v) is 8.96. The molecule has 0 aliphatic heterocycles. The standard InChI is InChI=1S/C22H22ClN3O3S/c1-13(20(27)25-16-8-9-18(23)17(11-16)22(28)29)30-21-15(12-24)10-14-6-4-2-3-5-7-19(14)26-21/h8-11,13H,2-7H2,1H3,(H,25,27)(H,28,29). The Hall–Kier alpha value is -2.56. The van der Waals surface area contributed by atoms with Gasteiger partial charge in [0.15, 0.2) is 0 Å². The Morgan fingerprint density at radius 1 is 1.23 bits per heavy atom. The lowest BCUT2D eigenvalue weighted by Crippen LogP contribution is -2.23. The van der Waals surface area contributed by atoms with E-state index in [0.29, 0.717) is 16.3 Å². The molecule has 0 spiro atoms. The number of halogens is 1. The van der Waals surface area contributed by atoms with Gasteiger partial charge in [0.05, 0.1) is 21.4 Å². The normalized spacial score (nSPS) is 14.6. The van der Waals surface area contributed by atoms with E-state index < -0.39 is 11.2 Å². The fourth-order valence-corrected chi connectivity index (χ4v) is 4.46. The number of carboxylic acid groups (broad SMARTS) is 1. The van der Waals surface area contributed by atoms with E-state index in [0.717, 1.165) is 36.9 Å². The molecule has 156 valence electrons. The molecule has 1 atom stereocenters. The number of rotatable bonds is 5. The zero-order valence-electron chi connectivity index (χ0n) is 16.6. The number of anilines is 1. The van der Waals surface area contributed by atoms with Gasteiger partial charge in [-0.25, -0.2) is 9.78 Å². The second kappa shape index (κ2) is 9.96. The molecule has 1 aromatic carbocycles. The van der Waals surface area contributed by atoms with Gasteiger partial charge in [-0.2, -0.15) is 5.26 Å². The number of nitrogens with zero attached hydrogens (tertiary/aromatic N) is 2. The van der Waals surface area contributed by atoms with Crippen molar-refractivity contribution in [2.24, 2.45) is 0 Å². The van der Waals surface area contributed by atoms with Crippen LogP contribution >= 0.6 is 23.4 Å². The van der Waals surface area contributed by atoms with Crippen molar-refractivity contribution in [2.45, 2.75) is 55.7 Å². The molecule has 6 nitrogen and oxygen atoms in total. The summed E-state index contributed by atoms with van der Waals surface area (Å²) in [6.07, 6.45) is 6.38. The van der Waals surface area contributed by atoms with Crippen molar-refractivity contribution in [3.63, 3.8) is 0 Å².